The lowest BCUT2D eigenvalue weighted by Gasteiger charge is -2.29. The van der Waals surface area contributed by atoms with Crippen molar-refractivity contribution < 1.29 is 8.42 Å². The highest BCUT2D eigenvalue weighted by atomic mass is 32.2. The molecule has 2 N–H and O–H groups in total. The fourth-order valence-electron chi connectivity index (χ4n) is 3.87. The van der Waals surface area contributed by atoms with Gasteiger partial charge in [0.05, 0.1) is 11.4 Å². The summed E-state index contributed by atoms with van der Waals surface area (Å²) >= 11 is 3.71. The van der Waals surface area contributed by atoms with E-state index in [1.807, 2.05) is 11.8 Å². The largest absolute Gasteiger partial charge is 0.359 e. The number of hydrogen-bond donors (Lipinski definition) is 2. The third-order valence-corrected chi connectivity index (χ3v) is 9.06. The lowest BCUT2D eigenvalue weighted by Crippen LogP contribution is -2.34. The Kier molecular flexibility index (Phi) is 6.30. The Labute approximate surface area is 175 Å². The number of fused-ring (bicyclic) bond motifs is 3. The maximum Gasteiger partial charge on any atom is 0.211 e. The van der Waals surface area contributed by atoms with Gasteiger partial charge in [0, 0.05) is 33.7 Å². The Hall–Kier alpha value is -1.09. The number of nitrogens with one attached hydrogen (secondary N) is 2. The van der Waals surface area contributed by atoms with Crippen LogP contribution in [0.15, 0.2) is 29.2 Å². The van der Waals surface area contributed by atoms with E-state index in [1.165, 1.54) is 15.3 Å². The molecular weight excluding hydrogens is 410 g/mol. The van der Waals surface area contributed by atoms with Crippen molar-refractivity contribution in [2.75, 3.05) is 23.4 Å². The maximum atomic E-state index is 11.6. The van der Waals surface area contributed by atoms with E-state index in [-0.39, 0.29) is 5.75 Å². The van der Waals surface area contributed by atoms with Crippen LogP contribution in [0.25, 0.3) is 11.3 Å². The molecule has 1 aliphatic carbocycles. The first-order valence-electron chi connectivity index (χ1n) is 10.00. The van der Waals surface area contributed by atoms with Crippen molar-refractivity contribution in [2.45, 2.75) is 50.0 Å². The van der Waals surface area contributed by atoms with Gasteiger partial charge in [-0.05, 0) is 51.0 Å². The molecule has 0 atom stereocenters. The molecule has 1 aromatic heterocycles. The summed E-state index contributed by atoms with van der Waals surface area (Å²) in [4.78, 5) is 7.65. The predicted molar refractivity (Wildman–Crippen MR) is 119 cm³/mol. The third-order valence-electron chi connectivity index (χ3n) is 5.57. The van der Waals surface area contributed by atoms with Crippen LogP contribution in [0.2, 0.25) is 0 Å². The van der Waals surface area contributed by atoms with Crippen LogP contribution in [0.1, 0.15) is 37.5 Å². The molecular formula is C20H27N3O2S3. The molecule has 2 heterocycles. The van der Waals surface area contributed by atoms with Crippen LogP contribution in [-0.2, 0) is 16.4 Å². The number of benzene rings is 1. The molecule has 1 aromatic carbocycles. The van der Waals surface area contributed by atoms with E-state index < -0.39 is 10.0 Å². The molecule has 5 nitrogen and oxygen atoms in total. The normalized spacial score (nSPS) is 22.2. The number of thiazole rings is 1. The molecule has 0 spiro atoms. The van der Waals surface area contributed by atoms with Crippen molar-refractivity contribution >= 4 is 38.3 Å². The Morgan fingerprint density at radius 2 is 1.96 bits per heavy atom. The second-order valence-corrected chi connectivity index (χ2v) is 11.8. The fraction of sp³-hybridized carbons (Fsp3) is 0.550. The molecule has 0 unspecified atom stereocenters. The summed E-state index contributed by atoms with van der Waals surface area (Å²) in [5.74, 6) is 1.70. The molecule has 8 heteroatoms. The molecule has 1 saturated carbocycles. The molecule has 28 heavy (non-hydrogen) atoms. The van der Waals surface area contributed by atoms with Crippen LogP contribution in [0.4, 0.5) is 5.13 Å². The molecule has 0 bridgehead atoms. The Bertz CT molecular complexity index is 919. The first-order valence-corrected chi connectivity index (χ1v) is 13.5. The molecule has 0 amide bonds. The number of aromatic nitrogens is 1. The highest BCUT2D eigenvalue weighted by molar-refractivity contribution is 7.99. The van der Waals surface area contributed by atoms with Gasteiger partial charge in [0.2, 0.25) is 10.0 Å². The van der Waals surface area contributed by atoms with Gasteiger partial charge in [-0.25, -0.2) is 18.1 Å². The SMILES string of the molecule is CCS(=O)(=O)NCC1CCC(Nc2nc3c(s2)CCSc2ccccc2-3)CC1. The van der Waals surface area contributed by atoms with E-state index in [2.05, 4.69) is 34.3 Å². The minimum Gasteiger partial charge on any atom is -0.359 e. The number of nitrogens with zero attached hydrogens (tertiary/aromatic N) is 1. The lowest BCUT2D eigenvalue weighted by molar-refractivity contribution is 0.337. The van der Waals surface area contributed by atoms with Gasteiger partial charge < -0.3 is 5.32 Å². The van der Waals surface area contributed by atoms with Crippen molar-refractivity contribution in [1.29, 1.82) is 0 Å². The van der Waals surface area contributed by atoms with Gasteiger partial charge in [-0.2, -0.15) is 0 Å². The Morgan fingerprint density at radius 3 is 2.75 bits per heavy atom. The lowest BCUT2D eigenvalue weighted by atomic mass is 9.86. The summed E-state index contributed by atoms with van der Waals surface area (Å²) in [5.41, 5.74) is 2.41. The van der Waals surface area contributed by atoms with Gasteiger partial charge in [-0.15, -0.1) is 23.1 Å². The minimum absolute atomic E-state index is 0.153. The third kappa shape index (κ3) is 4.72. The van der Waals surface area contributed by atoms with Gasteiger partial charge in [-0.3, -0.25) is 0 Å². The van der Waals surface area contributed by atoms with E-state index in [1.54, 1.807) is 18.3 Å². The number of sulfonamides is 1. The van der Waals surface area contributed by atoms with Crippen molar-refractivity contribution in [3.63, 3.8) is 0 Å². The van der Waals surface area contributed by atoms with Crippen molar-refractivity contribution in [3.8, 4) is 11.3 Å². The fourth-order valence-corrected chi connectivity index (χ4v) is 6.76. The Morgan fingerprint density at radius 1 is 1.18 bits per heavy atom. The van der Waals surface area contributed by atoms with Crippen molar-refractivity contribution in [2.24, 2.45) is 5.92 Å². The molecule has 2 aliphatic rings. The topological polar surface area (TPSA) is 71.1 Å². The minimum atomic E-state index is -3.09. The molecule has 1 aliphatic heterocycles. The molecule has 1 fully saturated rings. The number of hydrogen-bond acceptors (Lipinski definition) is 6. The monoisotopic (exact) mass is 437 g/mol. The van der Waals surface area contributed by atoms with E-state index in [4.69, 9.17) is 4.98 Å². The van der Waals surface area contributed by atoms with Crippen LogP contribution in [0.5, 0.6) is 0 Å². The number of anilines is 1. The van der Waals surface area contributed by atoms with Crippen molar-refractivity contribution in [3.05, 3.63) is 29.1 Å². The first-order chi connectivity index (χ1) is 13.5. The average molecular weight is 438 g/mol. The highest BCUT2D eigenvalue weighted by Crippen LogP contribution is 2.41. The van der Waals surface area contributed by atoms with Gasteiger partial charge >= 0.3 is 0 Å². The smallest absolute Gasteiger partial charge is 0.211 e. The van der Waals surface area contributed by atoms with Crippen LogP contribution in [-0.4, -0.2) is 37.5 Å². The molecule has 2 aromatic rings. The summed E-state index contributed by atoms with van der Waals surface area (Å²) < 4.78 is 26.0. The van der Waals surface area contributed by atoms with Gasteiger partial charge in [0.1, 0.15) is 0 Å². The Balaban J connectivity index is 1.36. The standard InChI is InChI=1S/C20H27N3O2S3/c1-2-28(24,25)21-13-14-7-9-15(10-8-14)22-20-23-19-16-5-3-4-6-17(16)26-12-11-18(19)27-20/h3-6,14-15,21H,2,7-13H2,1H3,(H,22,23). The van der Waals surface area contributed by atoms with Crippen LogP contribution >= 0.6 is 23.1 Å². The second-order valence-electron chi connectivity index (χ2n) is 7.50. The highest BCUT2D eigenvalue weighted by Gasteiger charge is 2.24. The molecule has 0 saturated heterocycles. The van der Waals surface area contributed by atoms with Crippen molar-refractivity contribution in [1.82, 2.24) is 9.71 Å². The predicted octanol–water partition coefficient (Wildman–Crippen LogP) is 4.37. The van der Waals surface area contributed by atoms with E-state index >= 15 is 0 Å². The van der Waals surface area contributed by atoms with E-state index in [0.717, 1.165) is 48.7 Å². The maximum absolute atomic E-state index is 11.6. The number of thioether (sulfide) groups is 1. The van der Waals surface area contributed by atoms with Gasteiger partial charge in [0.15, 0.2) is 5.13 Å². The summed E-state index contributed by atoms with van der Waals surface area (Å²) in [5, 5.41) is 4.68. The summed E-state index contributed by atoms with van der Waals surface area (Å²) in [7, 11) is -3.09. The number of aryl methyl sites for hydroxylation is 1. The summed E-state index contributed by atoms with van der Waals surface area (Å²) in [6, 6.07) is 8.99. The van der Waals surface area contributed by atoms with Gasteiger partial charge in [0.25, 0.3) is 0 Å². The quantitative estimate of drug-likeness (QED) is 0.702. The zero-order valence-electron chi connectivity index (χ0n) is 16.1. The van der Waals surface area contributed by atoms with Crippen LogP contribution < -0.4 is 10.0 Å². The van der Waals surface area contributed by atoms with Crippen LogP contribution in [0, 0.1) is 5.92 Å². The summed E-state index contributed by atoms with van der Waals surface area (Å²) in [6.45, 7) is 2.25. The van der Waals surface area contributed by atoms with E-state index in [9.17, 15) is 8.42 Å². The van der Waals surface area contributed by atoms with E-state index in [0.29, 0.717) is 18.5 Å². The molecule has 0 radical (unpaired) electrons. The zero-order valence-corrected chi connectivity index (χ0v) is 18.6. The van der Waals surface area contributed by atoms with Crippen LogP contribution in [0.3, 0.4) is 0 Å². The zero-order chi connectivity index (χ0) is 19.6. The second kappa shape index (κ2) is 8.73. The molecule has 4 rings (SSSR count). The number of rotatable bonds is 6. The summed E-state index contributed by atoms with van der Waals surface area (Å²) in [6.07, 6.45) is 5.30. The van der Waals surface area contributed by atoms with Gasteiger partial charge in [-0.1, -0.05) is 18.2 Å². The average Bonchev–Trinajstić information content (AvgIpc) is 3.02. The first kappa shape index (κ1) is 20.2. The molecule has 152 valence electrons.